The summed E-state index contributed by atoms with van der Waals surface area (Å²) in [5.74, 6) is 1.53. The van der Waals surface area contributed by atoms with E-state index in [2.05, 4.69) is 20.8 Å². The molecule has 0 aromatic heterocycles. The third-order valence-corrected chi connectivity index (χ3v) is 5.20. The van der Waals surface area contributed by atoms with Crippen LogP contribution in [0.4, 0.5) is 0 Å². The molecule has 2 saturated carbocycles. The first-order valence-electron chi connectivity index (χ1n) is 7.17. The molecule has 0 aromatic rings. The molecule has 2 fully saturated rings. The lowest BCUT2D eigenvalue weighted by Crippen LogP contribution is -2.38. The summed E-state index contributed by atoms with van der Waals surface area (Å²) in [5, 5.41) is 10.8. The maximum Gasteiger partial charge on any atom is 0.0681 e. The lowest BCUT2D eigenvalue weighted by atomic mass is 9.71. The van der Waals surface area contributed by atoms with Crippen LogP contribution in [0.2, 0.25) is 0 Å². The quantitative estimate of drug-likeness (QED) is 0.747. The van der Waals surface area contributed by atoms with E-state index in [1.165, 1.54) is 38.5 Å². The molecule has 0 spiro atoms. The molecule has 1 nitrogen and oxygen atoms in total. The average Bonchev–Trinajstić information content (AvgIpc) is 2.54. The standard InChI is InChI=1S/C15H28O/c1-4-12-5-7-13(8-6-12)15(16)10-9-14(2,3)11-15/h12-13,16H,4-11H2,1-3H3. The smallest absolute Gasteiger partial charge is 0.0681 e. The molecule has 0 saturated heterocycles. The number of hydrogen-bond acceptors (Lipinski definition) is 1. The molecule has 0 radical (unpaired) electrons. The molecule has 0 bridgehead atoms. The highest BCUT2D eigenvalue weighted by atomic mass is 16.3. The minimum Gasteiger partial charge on any atom is -0.390 e. The second kappa shape index (κ2) is 4.33. The van der Waals surface area contributed by atoms with Crippen LogP contribution in [0.5, 0.6) is 0 Å². The van der Waals surface area contributed by atoms with Crippen molar-refractivity contribution in [2.24, 2.45) is 17.3 Å². The highest BCUT2D eigenvalue weighted by Crippen LogP contribution is 2.50. The first kappa shape index (κ1) is 12.4. The van der Waals surface area contributed by atoms with E-state index in [4.69, 9.17) is 0 Å². The SMILES string of the molecule is CCC1CCC(C2(O)CCC(C)(C)C2)CC1. The molecule has 1 unspecified atom stereocenters. The molecule has 16 heavy (non-hydrogen) atoms. The second-order valence-corrected chi connectivity index (χ2v) is 7.07. The summed E-state index contributed by atoms with van der Waals surface area (Å²) in [5.41, 5.74) is 0.0541. The molecule has 2 aliphatic rings. The van der Waals surface area contributed by atoms with Crippen molar-refractivity contribution in [2.45, 2.75) is 77.7 Å². The molecule has 0 heterocycles. The summed E-state index contributed by atoms with van der Waals surface area (Å²) in [6, 6.07) is 0. The van der Waals surface area contributed by atoms with Crippen molar-refractivity contribution in [2.75, 3.05) is 0 Å². The van der Waals surface area contributed by atoms with E-state index in [0.717, 1.165) is 18.8 Å². The Morgan fingerprint density at radius 1 is 1.06 bits per heavy atom. The van der Waals surface area contributed by atoms with Gasteiger partial charge in [0.1, 0.15) is 0 Å². The van der Waals surface area contributed by atoms with Gasteiger partial charge in [0.05, 0.1) is 5.60 Å². The Kier molecular flexibility index (Phi) is 3.36. The molecule has 0 aliphatic heterocycles. The fourth-order valence-electron chi connectivity index (χ4n) is 4.02. The van der Waals surface area contributed by atoms with E-state index < -0.39 is 0 Å². The second-order valence-electron chi connectivity index (χ2n) is 7.07. The van der Waals surface area contributed by atoms with E-state index in [0.29, 0.717) is 11.3 Å². The highest BCUT2D eigenvalue weighted by molar-refractivity contribution is 4.99. The van der Waals surface area contributed by atoms with Gasteiger partial charge in [-0.25, -0.2) is 0 Å². The molecular weight excluding hydrogens is 196 g/mol. The van der Waals surface area contributed by atoms with Gasteiger partial charge in [0, 0.05) is 0 Å². The van der Waals surface area contributed by atoms with Crippen LogP contribution in [-0.2, 0) is 0 Å². The minimum absolute atomic E-state index is 0.317. The van der Waals surface area contributed by atoms with Gasteiger partial charge in [-0.2, -0.15) is 0 Å². The summed E-state index contributed by atoms with van der Waals surface area (Å²) in [6.45, 7) is 6.92. The van der Waals surface area contributed by atoms with Gasteiger partial charge in [-0.3, -0.25) is 0 Å². The molecule has 94 valence electrons. The predicted molar refractivity (Wildman–Crippen MR) is 68.3 cm³/mol. The monoisotopic (exact) mass is 224 g/mol. The Hall–Kier alpha value is -0.0400. The fraction of sp³-hybridized carbons (Fsp3) is 1.00. The van der Waals surface area contributed by atoms with Crippen molar-refractivity contribution in [1.29, 1.82) is 0 Å². The zero-order valence-electron chi connectivity index (χ0n) is 11.3. The minimum atomic E-state index is -0.317. The Labute approximate surface area is 101 Å². The Morgan fingerprint density at radius 2 is 1.69 bits per heavy atom. The number of rotatable bonds is 2. The van der Waals surface area contributed by atoms with Gasteiger partial charge in [-0.15, -0.1) is 0 Å². The van der Waals surface area contributed by atoms with Crippen molar-refractivity contribution in [3.8, 4) is 0 Å². The lowest BCUT2D eigenvalue weighted by molar-refractivity contribution is -0.0395. The van der Waals surface area contributed by atoms with Gasteiger partial charge in [-0.1, -0.05) is 40.0 Å². The predicted octanol–water partition coefficient (Wildman–Crippen LogP) is 4.14. The number of hydrogen-bond donors (Lipinski definition) is 1. The topological polar surface area (TPSA) is 20.2 Å². The molecule has 0 aromatic carbocycles. The van der Waals surface area contributed by atoms with Crippen LogP contribution >= 0.6 is 0 Å². The van der Waals surface area contributed by atoms with Gasteiger partial charge < -0.3 is 5.11 Å². The van der Waals surface area contributed by atoms with Crippen LogP contribution in [0.25, 0.3) is 0 Å². The zero-order valence-corrected chi connectivity index (χ0v) is 11.3. The highest BCUT2D eigenvalue weighted by Gasteiger charge is 2.47. The fourth-order valence-corrected chi connectivity index (χ4v) is 4.02. The average molecular weight is 224 g/mol. The van der Waals surface area contributed by atoms with Crippen LogP contribution < -0.4 is 0 Å². The first-order chi connectivity index (χ1) is 7.45. The third kappa shape index (κ3) is 2.45. The van der Waals surface area contributed by atoms with Crippen molar-refractivity contribution < 1.29 is 5.11 Å². The van der Waals surface area contributed by atoms with Crippen LogP contribution in [0.1, 0.15) is 72.1 Å². The van der Waals surface area contributed by atoms with Crippen molar-refractivity contribution >= 4 is 0 Å². The summed E-state index contributed by atoms with van der Waals surface area (Å²) < 4.78 is 0. The lowest BCUT2D eigenvalue weighted by Gasteiger charge is -2.38. The summed E-state index contributed by atoms with van der Waals surface area (Å²) in [7, 11) is 0. The van der Waals surface area contributed by atoms with Crippen molar-refractivity contribution in [3.63, 3.8) is 0 Å². The normalized spacial score (nSPS) is 43.5. The maximum atomic E-state index is 10.8. The first-order valence-corrected chi connectivity index (χ1v) is 7.17. The van der Waals surface area contributed by atoms with E-state index in [-0.39, 0.29) is 5.60 Å². The Balaban J connectivity index is 1.94. The molecule has 0 amide bonds. The number of aliphatic hydroxyl groups is 1. The summed E-state index contributed by atoms with van der Waals surface area (Å²) in [4.78, 5) is 0. The van der Waals surface area contributed by atoms with Gasteiger partial charge >= 0.3 is 0 Å². The maximum absolute atomic E-state index is 10.8. The molecule has 2 aliphatic carbocycles. The van der Waals surface area contributed by atoms with Crippen molar-refractivity contribution in [1.82, 2.24) is 0 Å². The van der Waals surface area contributed by atoms with Crippen LogP contribution in [-0.4, -0.2) is 10.7 Å². The van der Waals surface area contributed by atoms with E-state index in [1.54, 1.807) is 0 Å². The Bertz CT molecular complexity index is 238. The van der Waals surface area contributed by atoms with Gasteiger partial charge in [0.25, 0.3) is 0 Å². The Morgan fingerprint density at radius 3 is 2.12 bits per heavy atom. The van der Waals surface area contributed by atoms with Crippen molar-refractivity contribution in [3.05, 3.63) is 0 Å². The van der Waals surface area contributed by atoms with Gasteiger partial charge in [0.15, 0.2) is 0 Å². The molecular formula is C15H28O. The summed E-state index contributed by atoms with van der Waals surface area (Å²) in [6.07, 6.45) is 9.85. The zero-order chi connectivity index (χ0) is 11.8. The van der Waals surface area contributed by atoms with Gasteiger partial charge in [-0.05, 0) is 49.4 Å². The largest absolute Gasteiger partial charge is 0.390 e. The molecule has 2 rings (SSSR count). The van der Waals surface area contributed by atoms with Gasteiger partial charge in [0.2, 0.25) is 0 Å². The third-order valence-electron chi connectivity index (χ3n) is 5.20. The summed E-state index contributed by atoms with van der Waals surface area (Å²) >= 11 is 0. The van der Waals surface area contributed by atoms with Crippen LogP contribution in [0.3, 0.4) is 0 Å². The van der Waals surface area contributed by atoms with E-state index in [1.807, 2.05) is 0 Å². The molecule has 1 N–H and O–H groups in total. The van der Waals surface area contributed by atoms with E-state index >= 15 is 0 Å². The van der Waals surface area contributed by atoms with Crippen LogP contribution in [0, 0.1) is 17.3 Å². The molecule has 1 atom stereocenters. The van der Waals surface area contributed by atoms with Crippen LogP contribution in [0.15, 0.2) is 0 Å². The molecule has 1 heteroatoms. The van der Waals surface area contributed by atoms with E-state index in [9.17, 15) is 5.11 Å².